The third-order valence-corrected chi connectivity index (χ3v) is 4.28. The van der Waals surface area contributed by atoms with Gasteiger partial charge in [0.2, 0.25) is 0 Å². The van der Waals surface area contributed by atoms with E-state index in [1.807, 2.05) is 0 Å². The number of likely N-dealkylation sites (N-methyl/N-ethyl adjacent to an activating group) is 1. The number of aliphatic hydroxyl groups is 1. The predicted octanol–water partition coefficient (Wildman–Crippen LogP) is 3.40. The number of hydrogen-bond donors (Lipinski definition) is 2. The van der Waals surface area contributed by atoms with Crippen LogP contribution >= 0.6 is 0 Å². The number of nitrogens with one attached hydrogen (secondary N) is 1. The number of carbonyl (C=O) groups is 2. The lowest BCUT2D eigenvalue weighted by molar-refractivity contribution is -0.137. The second-order valence-electron chi connectivity index (χ2n) is 6.44. The maximum absolute atomic E-state index is 12.8. The highest BCUT2D eigenvalue weighted by Crippen LogP contribution is 2.32. The monoisotopic (exact) mass is 406 g/mol. The van der Waals surface area contributed by atoms with Crippen LogP contribution in [0.5, 0.6) is 11.5 Å². The van der Waals surface area contributed by atoms with Gasteiger partial charge in [-0.05, 0) is 35.9 Å². The van der Waals surface area contributed by atoms with Crippen LogP contribution in [0.2, 0.25) is 0 Å². The fourth-order valence-corrected chi connectivity index (χ4v) is 2.71. The molecule has 0 saturated carbocycles. The van der Waals surface area contributed by atoms with Gasteiger partial charge in [-0.25, -0.2) is 0 Å². The van der Waals surface area contributed by atoms with E-state index in [1.165, 1.54) is 24.1 Å². The summed E-state index contributed by atoms with van der Waals surface area (Å²) in [6.45, 7) is 0.164. The summed E-state index contributed by atoms with van der Waals surface area (Å²) in [4.78, 5) is 24.9. The summed E-state index contributed by atoms with van der Waals surface area (Å²) in [6.07, 6.45) is -4.45. The number of rotatable bonds is 5. The Morgan fingerprint density at radius 2 is 1.86 bits per heavy atom. The van der Waals surface area contributed by atoms with Gasteiger partial charge in [-0.1, -0.05) is 18.2 Å². The Bertz CT molecular complexity index is 968. The van der Waals surface area contributed by atoms with Crippen molar-refractivity contribution in [2.45, 2.75) is 12.7 Å². The molecule has 0 radical (unpaired) electrons. The second-order valence-corrected chi connectivity index (χ2v) is 6.44. The van der Waals surface area contributed by atoms with E-state index in [0.717, 1.165) is 12.1 Å². The molecule has 0 saturated heterocycles. The van der Waals surface area contributed by atoms with Crippen LogP contribution in [0, 0.1) is 0 Å². The molecule has 0 spiro atoms. The Balaban J connectivity index is 1.60. The topological polar surface area (TPSA) is 78.9 Å². The average Bonchev–Trinajstić information content (AvgIpc) is 2.94. The maximum atomic E-state index is 12.8. The standard InChI is InChI=1S/C20H17F3N2O4/c1-25-11-16(17(26)19(25)28)18(27)24-10-12-5-7-14(8-6-12)29-15-4-2-3-13(9-15)20(21,22)23/h2-9,26H,10-11H2,1H3,(H,24,27). The number of halogens is 3. The summed E-state index contributed by atoms with van der Waals surface area (Å²) in [5.74, 6) is -1.33. The average molecular weight is 406 g/mol. The molecule has 0 bridgehead atoms. The largest absolute Gasteiger partial charge is 0.503 e. The van der Waals surface area contributed by atoms with Crippen LogP contribution in [-0.4, -0.2) is 35.4 Å². The lowest BCUT2D eigenvalue weighted by Crippen LogP contribution is -2.27. The van der Waals surface area contributed by atoms with Gasteiger partial charge in [-0.2, -0.15) is 13.2 Å². The van der Waals surface area contributed by atoms with E-state index in [-0.39, 0.29) is 24.4 Å². The number of ether oxygens (including phenoxy) is 1. The number of hydrogen-bond acceptors (Lipinski definition) is 4. The zero-order valence-corrected chi connectivity index (χ0v) is 15.3. The zero-order chi connectivity index (χ0) is 21.2. The van der Waals surface area contributed by atoms with Gasteiger partial charge in [0.15, 0.2) is 5.76 Å². The molecule has 0 aromatic heterocycles. The molecule has 2 aromatic carbocycles. The number of carbonyl (C=O) groups excluding carboxylic acids is 2. The lowest BCUT2D eigenvalue weighted by atomic mass is 10.2. The SMILES string of the molecule is CN1CC(C(=O)NCc2ccc(Oc3cccc(C(F)(F)F)c3)cc2)=C(O)C1=O. The number of nitrogens with zero attached hydrogens (tertiary/aromatic N) is 1. The second kappa shape index (κ2) is 7.86. The smallest absolute Gasteiger partial charge is 0.416 e. The Kier molecular flexibility index (Phi) is 5.49. The lowest BCUT2D eigenvalue weighted by Gasteiger charge is -2.11. The molecule has 0 atom stereocenters. The van der Waals surface area contributed by atoms with Gasteiger partial charge >= 0.3 is 6.18 Å². The molecule has 1 aliphatic heterocycles. The molecular weight excluding hydrogens is 389 g/mol. The molecule has 1 aliphatic rings. The fourth-order valence-electron chi connectivity index (χ4n) is 2.71. The van der Waals surface area contributed by atoms with Crippen LogP contribution < -0.4 is 10.1 Å². The summed E-state index contributed by atoms with van der Waals surface area (Å²) in [6, 6.07) is 11.0. The van der Waals surface area contributed by atoms with Gasteiger partial charge in [0, 0.05) is 13.6 Å². The van der Waals surface area contributed by atoms with E-state index in [9.17, 15) is 27.9 Å². The predicted molar refractivity (Wildman–Crippen MR) is 97.1 cm³/mol. The van der Waals surface area contributed by atoms with Crippen molar-refractivity contribution in [1.29, 1.82) is 0 Å². The highest BCUT2D eigenvalue weighted by molar-refractivity contribution is 6.06. The number of amides is 2. The zero-order valence-electron chi connectivity index (χ0n) is 15.3. The van der Waals surface area contributed by atoms with Crippen molar-refractivity contribution in [1.82, 2.24) is 10.2 Å². The molecule has 1 heterocycles. The first-order valence-electron chi connectivity index (χ1n) is 8.55. The summed E-state index contributed by atoms with van der Waals surface area (Å²) in [5, 5.41) is 12.3. The molecule has 2 amide bonds. The van der Waals surface area contributed by atoms with Crippen LogP contribution in [0.15, 0.2) is 59.9 Å². The van der Waals surface area contributed by atoms with Gasteiger partial charge in [-0.15, -0.1) is 0 Å². The van der Waals surface area contributed by atoms with Gasteiger partial charge in [0.25, 0.3) is 11.8 Å². The van der Waals surface area contributed by atoms with Crippen molar-refractivity contribution in [2.75, 3.05) is 13.6 Å². The molecule has 2 aromatic rings. The van der Waals surface area contributed by atoms with Crippen LogP contribution in [0.25, 0.3) is 0 Å². The van der Waals surface area contributed by atoms with E-state index < -0.39 is 29.3 Å². The van der Waals surface area contributed by atoms with Crippen LogP contribution in [0.3, 0.4) is 0 Å². The van der Waals surface area contributed by atoms with Crippen LogP contribution in [0.1, 0.15) is 11.1 Å². The summed E-state index contributed by atoms with van der Waals surface area (Å²) >= 11 is 0. The number of alkyl halides is 3. The molecule has 0 unspecified atom stereocenters. The molecular formula is C20H17F3N2O4. The van der Waals surface area contributed by atoms with Gasteiger partial charge in [-0.3, -0.25) is 9.59 Å². The third-order valence-electron chi connectivity index (χ3n) is 4.28. The molecule has 0 fully saturated rings. The fraction of sp³-hybridized carbons (Fsp3) is 0.200. The van der Waals surface area contributed by atoms with Crippen LogP contribution in [-0.2, 0) is 22.3 Å². The van der Waals surface area contributed by atoms with Crippen molar-refractivity contribution in [3.8, 4) is 11.5 Å². The molecule has 0 aliphatic carbocycles. The van der Waals surface area contributed by atoms with E-state index in [2.05, 4.69) is 5.32 Å². The van der Waals surface area contributed by atoms with Crippen molar-refractivity contribution in [3.63, 3.8) is 0 Å². The Labute approximate surface area is 164 Å². The summed E-state index contributed by atoms with van der Waals surface area (Å²) < 4.78 is 43.7. The van der Waals surface area contributed by atoms with Gasteiger partial charge in [0.1, 0.15) is 11.5 Å². The highest BCUT2D eigenvalue weighted by atomic mass is 19.4. The molecule has 9 heteroatoms. The highest BCUT2D eigenvalue weighted by Gasteiger charge is 2.31. The molecule has 29 heavy (non-hydrogen) atoms. The Morgan fingerprint density at radius 1 is 1.17 bits per heavy atom. The van der Waals surface area contributed by atoms with E-state index in [4.69, 9.17) is 4.74 Å². The minimum absolute atomic E-state index is 0.00185. The van der Waals surface area contributed by atoms with Crippen molar-refractivity contribution >= 4 is 11.8 Å². The van der Waals surface area contributed by atoms with Crippen LogP contribution in [0.4, 0.5) is 13.2 Å². The first-order chi connectivity index (χ1) is 13.6. The minimum Gasteiger partial charge on any atom is -0.503 e. The molecule has 6 nitrogen and oxygen atoms in total. The number of aliphatic hydroxyl groups excluding tert-OH is 1. The van der Waals surface area contributed by atoms with E-state index in [1.54, 1.807) is 24.3 Å². The Morgan fingerprint density at radius 3 is 2.45 bits per heavy atom. The first kappa shape index (κ1) is 20.2. The summed E-state index contributed by atoms with van der Waals surface area (Å²) in [5.41, 5.74) is -0.0996. The normalized spacial score (nSPS) is 14.3. The molecule has 3 rings (SSSR count). The summed E-state index contributed by atoms with van der Waals surface area (Å²) in [7, 11) is 1.47. The van der Waals surface area contributed by atoms with Crippen molar-refractivity contribution in [2.24, 2.45) is 0 Å². The quantitative estimate of drug-likeness (QED) is 0.798. The Hall–Kier alpha value is -3.49. The van der Waals surface area contributed by atoms with Gasteiger partial charge < -0.3 is 20.1 Å². The van der Waals surface area contributed by atoms with E-state index in [0.29, 0.717) is 11.3 Å². The van der Waals surface area contributed by atoms with Gasteiger partial charge in [0.05, 0.1) is 17.7 Å². The maximum Gasteiger partial charge on any atom is 0.416 e. The number of benzene rings is 2. The third kappa shape index (κ3) is 4.68. The minimum atomic E-state index is -4.45. The molecule has 2 N–H and O–H groups in total. The molecule has 152 valence electrons. The first-order valence-corrected chi connectivity index (χ1v) is 8.55. The van der Waals surface area contributed by atoms with Crippen molar-refractivity contribution in [3.05, 3.63) is 71.0 Å². The van der Waals surface area contributed by atoms with E-state index >= 15 is 0 Å². The van der Waals surface area contributed by atoms with Crippen molar-refractivity contribution < 1.29 is 32.6 Å².